The zero-order valence-corrected chi connectivity index (χ0v) is 18.9. The molecule has 0 spiro atoms. The van der Waals surface area contributed by atoms with E-state index < -0.39 is 0 Å². The van der Waals surface area contributed by atoms with Crippen molar-refractivity contribution in [1.29, 1.82) is 0 Å². The number of aliphatic hydroxyl groups excluding tert-OH is 1. The van der Waals surface area contributed by atoms with Crippen molar-refractivity contribution >= 4 is 34.0 Å². The lowest BCUT2D eigenvalue weighted by Crippen LogP contribution is -2.25. The summed E-state index contributed by atoms with van der Waals surface area (Å²) in [4.78, 5) is 17.0. The second-order valence-electron chi connectivity index (χ2n) is 8.06. The van der Waals surface area contributed by atoms with Crippen LogP contribution in [0.1, 0.15) is 23.3 Å². The van der Waals surface area contributed by atoms with Gasteiger partial charge < -0.3 is 20.1 Å². The monoisotopic (exact) mass is 449 g/mol. The predicted molar refractivity (Wildman–Crippen MR) is 129 cm³/mol. The molecule has 0 unspecified atom stereocenters. The first-order valence-electron chi connectivity index (χ1n) is 11.0. The number of H-pyrrole nitrogens is 1. The molecule has 1 fully saturated rings. The van der Waals surface area contributed by atoms with Gasteiger partial charge in [0.05, 0.1) is 17.2 Å². The van der Waals surface area contributed by atoms with Crippen molar-refractivity contribution in [3.8, 4) is 16.3 Å². The van der Waals surface area contributed by atoms with Gasteiger partial charge in [-0.15, -0.1) is 11.3 Å². The van der Waals surface area contributed by atoms with Crippen molar-refractivity contribution in [1.82, 2.24) is 19.9 Å². The summed E-state index contributed by atoms with van der Waals surface area (Å²) in [5, 5.41) is 13.8. The van der Waals surface area contributed by atoms with E-state index in [0.29, 0.717) is 12.6 Å². The van der Waals surface area contributed by atoms with Gasteiger partial charge in [-0.2, -0.15) is 4.98 Å². The molecule has 32 heavy (non-hydrogen) atoms. The summed E-state index contributed by atoms with van der Waals surface area (Å²) in [6.07, 6.45) is 4.47. The molecule has 4 aromatic rings. The number of hydrogen-bond donors (Lipinski definition) is 3. The lowest BCUT2D eigenvalue weighted by Gasteiger charge is -2.15. The highest BCUT2D eigenvalue weighted by Gasteiger charge is 2.15. The molecule has 5 rings (SSSR count). The molecule has 1 aliphatic rings. The third kappa shape index (κ3) is 4.48. The average Bonchev–Trinajstić information content (AvgIpc) is 3.55. The van der Waals surface area contributed by atoms with Crippen LogP contribution >= 0.6 is 11.3 Å². The van der Waals surface area contributed by atoms with Crippen LogP contribution in [0, 0.1) is 6.92 Å². The van der Waals surface area contributed by atoms with Crippen LogP contribution in [0.2, 0.25) is 0 Å². The Hall–Kier alpha value is -2.94. The topological polar surface area (TPSA) is 86.3 Å². The quantitative estimate of drug-likeness (QED) is 0.361. The number of rotatable bonds is 8. The maximum Gasteiger partial charge on any atom is 0.229 e. The zero-order valence-electron chi connectivity index (χ0n) is 18.1. The molecular formula is C24H27N5O2S. The van der Waals surface area contributed by atoms with Crippen LogP contribution in [-0.4, -0.2) is 51.2 Å². The Morgan fingerprint density at radius 3 is 2.72 bits per heavy atom. The molecule has 1 aromatic carbocycles. The van der Waals surface area contributed by atoms with Gasteiger partial charge in [0.2, 0.25) is 5.95 Å². The number of nitrogens with one attached hydrogen (secondary N) is 2. The Kier molecular flexibility index (Phi) is 6.07. The highest BCUT2D eigenvalue weighted by atomic mass is 32.1. The summed E-state index contributed by atoms with van der Waals surface area (Å²) in [7, 11) is 0. The number of anilines is 2. The minimum absolute atomic E-state index is 0.0371. The number of fused-ring (bicyclic) bond motifs is 1. The summed E-state index contributed by atoms with van der Waals surface area (Å²) in [5.74, 6) is 1.39. The zero-order chi connectivity index (χ0) is 21.9. The van der Waals surface area contributed by atoms with Crippen LogP contribution in [0.3, 0.4) is 0 Å². The minimum atomic E-state index is 0.0371. The number of aromatic amines is 1. The molecular weight excluding hydrogens is 422 g/mol. The number of aryl methyl sites for hydroxylation is 1. The van der Waals surface area contributed by atoms with E-state index in [1.807, 2.05) is 43.5 Å². The molecule has 1 aliphatic heterocycles. The number of aliphatic hydroxyl groups is 1. The van der Waals surface area contributed by atoms with Gasteiger partial charge in [-0.1, -0.05) is 0 Å². The Morgan fingerprint density at radius 2 is 1.97 bits per heavy atom. The summed E-state index contributed by atoms with van der Waals surface area (Å²) in [5.41, 5.74) is 3.60. The summed E-state index contributed by atoms with van der Waals surface area (Å²) >= 11 is 1.56. The standard InChI is InChI=1S/C24H27N5O2S/c1-16-14-20(32-21(16)15-30)22-19-8-9-25-23(19)28-24(27-22)26-17-4-6-18(7-5-17)31-13-12-29-10-2-3-11-29/h4-9,14,30H,2-3,10-13,15H2,1H3,(H2,25,26,27,28). The van der Waals surface area contributed by atoms with E-state index in [0.717, 1.165) is 50.0 Å². The Balaban J connectivity index is 1.31. The number of ether oxygens (including phenoxy) is 1. The largest absolute Gasteiger partial charge is 0.492 e. The normalized spacial score (nSPS) is 14.3. The second kappa shape index (κ2) is 9.28. The third-order valence-corrected chi connectivity index (χ3v) is 7.03. The van der Waals surface area contributed by atoms with Crippen LogP contribution in [0.15, 0.2) is 42.6 Å². The molecule has 3 N–H and O–H groups in total. The van der Waals surface area contributed by atoms with Gasteiger partial charge >= 0.3 is 0 Å². The summed E-state index contributed by atoms with van der Waals surface area (Å²) in [6.45, 7) is 6.10. The fraction of sp³-hybridized carbons (Fsp3) is 0.333. The highest BCUT2D eigenvalue weighted by Crippen LogP contribution is 2.35. The number of thiophene rings is 1. The average molecular weight is 450 g/mol. The van der Waals surface area contributed by atoms with Crippen LogP contribution in [0.25, 0.3) is 21.6 Å². The maximum absolute atomic E-state index is 9.58. The predicted octanol–water partition coefficient (Wildman–Crippen LogP) is 4.71. The summed E-state index contributed by atoms with van der Waals surface area (Å²) in [6, 6.07) is 11.9. The van der Waals surface area contributed by atoms with Gasteiger partial charge in [0.1, 0.15) is 18.0 Å². The van der Waals surface area contributed by atoms with Crippen molar-refractivity contribution < 1.29 is 9.84 Å². The molecule has 4 heterocycles. The van der Waals surface area contributed by atoms with Crippen LogP contribution in [0.4, 0.5) is 11.6 Å². The summed E-state index contributed by atoms with van der Waals surface area (Å²) < 4.78 is 5.90. The molecule has 0 atom stereocenters. The van der Waals surface area contributed by atoms with Gasteiger partial charge in [-0.05, 0) is 74.8 Å². The van der Waals surface area contributed by atoms with Gasteiger partial charge in [-0.25, -0.2) is 4.98 Å². The van der Waals surface area contributed by atoms with E-state index in [-0.39, 0.29) is 6.61 Å². The van der Waals surface area contributed by atoms with Crippen molar-refractivity contribution in [2.45, 2.75) is 26.4 Å². The molecule has 0 amide bonds. The Morgan fingerprint density at radius 1 is 1.16 bits per heavy atom. The first kappa shape index (κ1) is 20.9. The molecule has 0 bridgehead atoms. The first-order chi connectivity index (χ1) is 15.7. The van der Waals surface area contributed by atoms with E-state index in [9.17, 15) is 5.11 Å². The van der Waals surface area contributed by atoms with E-state index in [2.05, 4.69) is 26.3 Å². The molecule has 3 aromatic heterocycles. The van der Waals surface area contributed by atoms with Crippen molar-refractivity contribution in [2.24, 2.45) is 0 Å². The number of nitrogens with zero attached hydrogens (tertiary/aromatic N) is 3. The van der Waals surface area contributed by atoms with Gasteiger partial charge in [0, 0.05) is 28.7 Å². The lowest BCUT2D eigenvalue weighted by molar-refractivity contribution is 0.238. The van der Waals surface area contributed by atoms with Crippen LogP contribution in [0.5, 0.6) is 5.75 Å². The molecule has 1 saturated heterocycles. The molecule has 166 valence electrons. The fourth-order valence-corrected chi connectivity index (χ4v) is 5.08. The fourth-order valence-electron chi connectivity index (χ4n) is 4.04. The van der Waals surface area contributed by atoms with Gasteiger partial charge in [0.25, 0.3) is 0 Å². The van der Waals surface area contributed by atoms with E-state index in [1.54, 1.807) is 11.3 Å². The smallest absolute Gasteiger partial charge is 0.229 e. The maximum atomic E-state index is 9.58. The van der Waals surface area contributed by atoms with Crippen molar-refractivity contribution in [3.63, 3.8) is 0 Å². The molecule has 7 nitrogen and oxygen atoms in total. The molecule has 8 heteroatoms. The lowest BCUT2D eigenvalue weighted by atomic mass is 10.2. The Bertz CT molecular complexity index is 1200. The highest BCUT2D eigenvalue weighted by molar-refractivity contribution is 7.15. The van der Waals surface area contributed by atoms with Crippen molar-refractivity contribution in [2.75, 3.05) is 31.6 Å². The first-order valence-corrected chi connectivity index (χ1v) is 11.8. The van der Waals surface area contributed by atoms with E-state index in [1.165, 1.54) is 25.9 Å². The van der Waals surface area contributed by atoms with E-state index >= 15 is 0 Å². The third-order valence-electron chi connectivity index (χ3n) is 5.80. The minimum Gasteiger partial charge on any atom is -0.492 e. The Labute approximate surface area is 191 Å². The second-order valence-corrected chi connectivity index (χ2v) is 9.19. The molecule has 0 radical (unpaired) electrons. The number of benzene rings is 1. The van der Waals surface area contributed by atoms with Crippen molar-refractivity contribution in [3.05, 3.63) is 53.0 Å². The van der Waals surface area contributed by atoms with Gasteiger partial charge in [0.15, 0.2) is 0 Å². The number of aromatic nitrogens is 3. The molecule has 0 aliphatic carbocycles. The molecule has 0 saturated carbocycles. The van der Waals surface area contributed by atoms with Gasteiger partial charge in [-0.3, -0.25) is 4.90 Å². The van der Waals surface area contributed by atoms with E-state index in [4.69, 9.17) is 9.72 Å². The number of hydrogen-bond acceptors (Lipinski definition) is 7. The van der Waals surface area contributed by atoms with Crippen LogP contribution in [-0.2, 0) is 6.61 Å². The number of likely N-dealkylation sites (tertiary alicyclic amines) is 1. The SMILES string of the molecule is Cc1cc(-c2nc(Nc3ccc(OCCN4CCCC4)cc3)nc3[nH]ccc23)sc1CO. The van der Waals surface area contributed by atoms with Crippen LogP contribution < -0.4 is 10.1 Å².